The van der Waals surface area contributed by atoms with Crippen molar-refractivity contribution in [3.63, 3.8) is 0 Å². The molecule has 2 amide bonds. The van der Waals surface area contributed by atoms with Gasteiger partial charge in [0.1, 0.15) is 6.04 Å². The predicted octanol–water partition coefficient (Wildman–Crippen LogP) is 3.47. The van der Waals surface area contributed by atoms with Crippen molar-refractivity contribution in [2.45, 2.75) is 12.1 Å². The van der Waals surface area contributed by atoms with Crippen molar-refractivity contribution in [2.75, 3.05) is 0 Å². The number of rotatable bonds is 2. The van der Waals surface area contributed by atoms with Gasteiger partial charge in [-0.2, -0.15) is 0 Å². The quantitative estimate of drug-likeness (QED) is 0.605. The molecule has 4 atom stereocenters. The summed E-state index contributed by atoms with van der Waals surface area (Å²) in [6, 6.07) is 11.2. The third kappa shape index (κ3) is 2.36. The maximum Gasteiger partial charge on any atom is 0.233 e. The summed E-state index contributed by atoms with van der Waals surface area (Å²) in [5.41, 5.74) is 2.20. The Hall–Kier alpha value is -2.63. The molecule has 3 aliphatic rings. The summed E-state index contributed by atoms with van der Waals surface area (Å²) in [5, 5.41) is 3.05. The summed E-state index contributed by atoms with van der Waals surface area (Å²) in [5.74, 6) is -2.45. The molecular weight excluding hydrogens is 399 g/mol. The van der Waals surface area contributed by atoms with Crippen LogP contribution in [0.2, 0.25) is 10.0 Å². The molecule has 0 unspecified atom stereocenters. The number of hydrogen-bond donors (Lipinski definition) is 1. The molecule has 0 spiro atoms. The molecule has 2 aromatic carbocycles. The third-order valence-electron chi connectivity index (χ3n) is 5.77. The highest BCUT2D eigenvalue weighted by Crippen LogP contribution is 2.51. The molecule has 3 aliphatic heterocycles. The zero-order valence-electron chi connectivity index (χ0n) is 14.4. The van der Waals surface area contributed by atoms with Crippen molar-refractivity contribution in [1.82, 2.24) is 10.2 Å². The molecule has 1 N–H and O–H groups in total. The number of ketones is 1. The van der Waals surface area contributed by atoms with Crippen LogP contribution in [0.4, 0.5) is 0 Å². The van der Waals surface area contributed by atoms with Gasteiger partial charge in [0.15, 0.2) is 5.78 Å². The summed E-state index contributed by atoms with van der Waals surface area (Å²) in [4.78, 5) is 40.5. The molecule has 2 aromatic rings. The van der Waals surface area contributed by atoms with Crippen molar-refractivity contribution in [3.8, 4) is 0 Å². The highest BCUT2D eigenvalue weighted by Gasteiger charge is 2.61. The number of Topliss-reactive ketones (excluding diaryl/α,β-unsaturated/α-hetero) is 1. The fourth-order valence-corrected chi connectivity index (χ4v) is 5.12. The Morgan fingerprint density at radius 3 is 2.54 bits per heavy atom. The average Bonchev–Trinajstić information content (AvgIpc) is 3.16. The van der Waals surface area contributed by atoms with E-state index >= 15 is 0 Å². The smallest absolute Gasteiger partial charge is 0.233 e. The number of imide groups is 1. The van der Waals surface area contributed by atoms with Crippen LogP contribution >= 0.6 is 23.2 Å². The topological polar surface area (TPSA) is 66.5 Å². The zero-order valence-corrected chi connectivity index (χ0v) is 15.9. The number of hydrogen-bond acceptors (Lipinski definition) is 4. The molecule has 0 bridgehead atoms. The van der Waals surface area contributed by atoms with E-state index in [4.69, 9.17) is 23.2 Å². The van der Waals surface area contributed by atoms with Gasteiger partial charge in [-0.1, -0.05) is 47.5 Å². The number of benzene rings is 2. The van der Waals surface area contributed by atoms with E-state index in [9.17, 15) is 14.4 Å². The summed E-state index contributed by atoms with van der Waals surface area (Å²) in [6.07, 6.45) is 3.71. The van der Waals surface area contributed by atoms with Crippen LogP contribution in [0.3, 0.4) is 0 Å². The maximum atomic E-state index is 13.4. The van der Waals surface area contributed by atoms with Gasteiger partial charge >= 0.3 is 0 Å². The fraction of sp³-hybridized carbons (Fsp3) is 0.190. The van der Waals surface area contributed by atoms with Crippen molar-refractivity contribution in [3.05, 3.63) is 75.4 Å². The first-order chi connectivity index (χ1) is 13.5. The van der Waals surface area contributed by atoms with Gasteiger partial charge in [0.2, 0.25) is 11.8 Å². The monoisotopic (exact) mass is 412 g/mol. The average molecular weight is 413 g/mol. The van der Waals surface area contributed by atoms with Crippen LogP contribution < -0.4 is 5.32 Å². The van der Waals surface area contributed by atoms with Gasteiger partial charge in [-0.05, 0) is 35.4 Å². The summed E-state index contributed by atoms with van der Waals surface area (Å²) in [7, 11) is 0. The SMILES string of the molecule is O=C1NC(=O)[C@H]2[C@H]1[C@H]1c3ccccc3C=CN1[C@H]2C(=O)c1ccc(Cl)cc1Cl. The molecule has 140 valence electrons. The van der Waals surface area contributed by atoms with Gasteiger partial charge in [0.25, 0.3) is 0 Å². The summed E-state index contributed by atoms with van der Waals surface area (Å²) >= 11 is 12.2. The van der Waals surface area contributed by atoms with Crippen LogP contribution in [0.25, 0.3) is 6.08 Å². The van der Waals surface area contributed by atoms with E-state index in [-0.39, 0.29) is 28.3 Å². The van der Waals surface area contributed by atoms with Gasteiger partial charge in [-0.15, -0.1) is 0 Å². The van der Waals surface area contributed by atoms with Crippen molar-refractivity contribution in [2.24, 2.45) is 11.8 Å². The predicted molar refractivity (Wildman–Crippen MR) is 105 cm³/mol. The number of carbonyl (C=O) groups is 3. The first-order valence-corrected chi connectivity index (χ1v) is 9.61. The molecule has 5 nitrogen and oxygen atoms in total. The number of fused-ring (bicyclic) bond motifs is 5. The Morgan fingerprint density at radius 2 is 1.75 bits per heavy atom. The maximum absolute atomic E-state index is 13.4. The number of nitrogens with one attached hydrogen (secondary N) is 1. The van der Waals surface area contributed by atoms with E-state index < -0.39 is 23.8 Å². The van der Waals surface area contributed by atoms with E-state index in [2.05, 4.69) is 5.32 Å². The van der Waals surface area contributed by atoms with Gasteiger partial charge < -0.3 is 4.90 Å². The van der Waals surface area contributed by atoms with Crippen LogP contribution in [0.15, 0.2) is 48.7 Å². The molecule has 0 aromatic heterocycles. The highest BCUT2D eigenvalue weighted by molar-refractivity contribution is 6.37. The van der Waals surface area contributed by atoms with Gasteiger partial charge in [0.05, 0.1) is 22.9 Å². The molecular formula is C21H14Cl2N2O3. The number of amides is 2. The first-order valence-electron chi connectivity index (χ1n) is 8.86. The number of carbonyl (C=O) groups excluding carboxylic acids is 3. The van der Waals surface area contributed by atoms with Crippen LogP contribution in [0.5, 0.6) is 0 Å². The second-order valence-electron chi connectivity index (χ2n) is 7.18. The summed E-state index contributed by atoms with van der Waals surface area (Å²) in [6.45, 7) is 0. The second kappa shape index (κ2) is 6.19. The van der Waals surface area contributed by atoms with Gasteiger partial charge in [-0.25, -0.2) is 0 Å². The first kappa shape index (κ1) is 17.5. The summed E-state index contributed by atoms with van der Waals surface area (Å²) < 4.78 is 0. The van der Waals surface area contributed by atoms with Crippen molar-refractivity contribution >= 4 is 46.9 Å². The fourth-order valence-electron chi connectivity index (χ4n) is 4.62. The molecule has 5 rings (SSSR count). The van der Waals surface area contributed by atoms with E-state index in [1.807, 2.05) is 35.2 Å². The highest BCUT2D eigenvalue weighted by atomic mass is 35.5. The zero-order chi connectivity index (χ0) is 19.6. The molecule has 3 heterocycles. The van der Waals surface area contributed by atoms with Crippen molar-refractivity contribution < 1.29 is 14.4 Å². The largest absolute Gasteiger partial charge is 0.358 e. The Kier molecular flexibility index (Phi) is 3.86. The lowest BCUT2D eigenvalue weighted by atomic mass is 9.83. The van der Waals surface area contributed by atoms with E-state index in [1.165, 1.54) is 6.07 Å². The molecule has 2 fully saturated rings. The third-order valence-corrected chi connectivity index (χ3v) is 6.32. The standard InChI is InChI=1S/C21H14Cl2N2O3/c22-11-5-6-13(14(23)9-11)19(26)18-16-15(20(27)24-21(16)28)17-12-4-2-1-3-10(12)7-8-25(17)18/h1-9,15-18H,(H,24,27,28)/t15-,16-,17+,18+/m0/s1. The number of nitrogens with zero attached hydrogens (tertiary/aromatic N) is 1. The number of halogens is 2. The van der Waals surface area contributed by atoms with Crippen LogP contribution in [0, 0.1) is 11.8 Å². The van der Waals surface area contributed by atoms with E-state index in [0.717, 1.165) is 11.1 Å². The van der Waals surface area contributed by atoms with E-state index in [0.29, 0.717) is 5.02 Å². The van der Waals surface area contributed by atoms with Crippen LogP contribution in [0.1, 0.15) is 27.5 Å². The van der Waals surface area contributed by atoms with Gasteiger partial charge in [-0.3, -0.25) is 19.7 Å². The lowest BCUT2D eigenvalue weighted by Crippen LogP contribution is -2.43. The normalized spacial score (nSPS) is 27.3. The molecule has 2 saturated heterocycles. The minimum Gasteiger partial charge on any atom is -0.358 e. The molecule has 7 heteroatoms. The van der Waals surface area contributed by atoms with Crippen LogP contribution in [-0.4, -0.2) is 28.5 Å². The Morgan fingerprint density at radius 1 is 1.00 bits per heavy atom. The lowest BCUT2D eigenvalue weighted by Gasteiger charge is -2.34. The lowest BCUT2D eigenvalue weighted by molar-refractivity contribution is -0.127. The Balaban J connectivity index is 1.65. The van der Waals surface area contributed by atoms with E-state index in [1.54, 1.807) is 18.3 Å². The van der Waals surface area contributed by atoms with Crippen LogP contribution in [-0.2, 0) is 9.59 Å². The molecule has 0 saturated carbocycles. The van der Waals surface area contributed by atoms with Gasteiger partial charge in [0, 0.05) is 16.8 Å². The molecule has 0 aliphatic carbocycles. The minimum absolute atomic E-state index is 0.226. The molecule has 28 heavy (non-hydrogen) atoms. The second-order valence-corrected chi connectivity index (χ2v) is 8.02. The Bertz CT molecular complexity index is 1080. The Labute approximate surface area is 170 Å². The molecule has 0 radical (unpaired) electrons. The minimum atomic E-state index is -0.815. The van der Waals surface area contributed by atoms with Crippen molar-refractivity contribution in [1.29, 1.82) is 0 Å².